The van der Waals surface area contributed by atoms with Gasteiger partial charge in [-0.3, -0.25) is 9.78 Å². The summed E-state index contributed by atoms with van der Waals surface area (Å²) in [5.74, 6) is -0.0794. The molecule has 1 aliphatic rings. The van der Waals surface area contributed by atoms with Gasteiger partial charge < -0.3 is 10.2 Å². The molecule has 0 bridgehead atoms. The first-order valence-electron chi connectivity index (χ1n) is 8.02. The van der Waals surface area contributed by atoms with Crippen molar-refractivity contribution in [3.63, 3.8) is 0 Å². The second-order valence-electron chi connectivity index (χ2n) is 7.08. The number of anilines is 1. The largest absolute Gasteiger partial charge is 0.366 e. The standard InChI is InChI=1S/C19H23N3O/c1-19(2,3)21-18(23)16-10-17(12-20-11-16)22-9-8-14-6-4-5-7-15(14)13-22/h4-7,10-12H,8-9,13H2,1-3H3,(H,21,23). The maximum Gasteiger partial charge on any atom is 0.253 e. The van der Waals surface area contributed by atoms with Crippen LogP contribution in [0.5, 0.6) is 0 Å². The molecule has 0 unspecified atom stereocenters. The number of nitrogens with one attached hydrogen (secondary N) is 1. The number of benzene rings is 1. The van der Waals surface area contributed by atoms with Crippen LogP contribution in [0.25, 0.3) is 0 Å². The Hall–Kier alpha value is -2.36. The van der Waals surface area contributed by atoms with Gasteiger partial charge in [-0.25, -0.2) is 0 Å². The number of rotatable bonds is 2. The van der Waals surface area contributed by atoms with Gasteiger partial charge in [-0.2, -0.15) is 0 Å². The summed E-state index contributed by atoms with van der Waals surface area (Å²) >= 11 is 0. The fourth-order valence-corrected chi connectivity index (χ4v) is 2.85. The van der Waals surface area contributed by atoms with E-state index in [-0.39, 0.29) is 11.4 Å². The molecular weight excluding hydrogens is 286 g/mol. The molecule has 4 nitrogen and oxygen atoms in total. The van der Waals surface area contributed by atoms with Gasteiger partial charge in [0.25, 0.3) is 5.91 Å². The molecule has 0 spiro atoms. The van der Waals surface area contributed by atoms with Crippen LogP contribution in [0.4, 0.5) is 5.69 Å². The first-order chi connectivity index (χ1) is 10.9. The zero-order chi connectivity index (χ0) is 16.4. The van der Waals surface area contributed by atoms with E-state index in [9.17, 15) is 4.79 Å². The third-order valence-corrected chi connectivity index (χ3v) is 3.97. The first-order valence-corrected chi connectivity index (χ1v) is 8.02. The molecule has 1 amide bonds. The van der Waals surface area contributed by atoms with Gasteiger partial charge in [-0.05, 0) is 44.4 Å². The first kappa shape index (κ1) is 15.5. The fraction of sp³-hybridized carbons (Fsp3) is 0.368. The summed E-state index contributed by atoms with van der Waals surface area (Å²) in [5, 5.41) is 2.98. The number of pyridine rings is 1. The highest BCUT2D eigenvalue weighted by molar-refractivity contribution is 5.95. The third-order valence-electron chi connectivity index (χ3n) is 3.97. The number of aromatic nitrogens is 1. The van der Waals surface area contributed by atoms with E-state index in [1.165, 1.54) is 11.1 Å². The molecule has 2 aromatic rings. The van der Waals surface area contributed by atoms with Crippen LogP contribution in [0.1, 0.15) is 42.3 Å². The summed E-state index contributed by atoms with van der Waals surface area (Å²) in [7, 11) is 0. The fourth-order valence-electron chi connectivity index (χ4n) is 2.85. The van der Waals surface area contributed by atoms with Gasteiger partial charge in [-0.1, -0.05) is 24.3 Å². The maximum absolute atomic E-state index is 12.3. The van der Waals surface area contributed by atoms with Crippen LogP contribution in [0, 0.1) is 0 Å². The zero-order valence-corrected chi connectivity index (χ0v) is 14.0. The monoisotopic (exact) mass is 309 g/mol. The van der Waals surface area contributed by atoms with Gasteiger partial charge in [-0.15, -0.1) is 0 Å². The van der Waals surface area contributed by atoms with Gasteiger partial charge >= 0.3 is 0 Å². The molecule has 1 aromatic carbocycles. The quantitative estimate of drug-likeness (QED) is 0.927. The molecule has 0 atom stereocenters. The Morgan fingerprint density at radius 3 is 2.65 bits per heavy atom. The zero-order valence-electron chi connectivity index (χ0n) is 14.0. The number of carbonyl (C=O) groups is 1. The molecule has 1 aromatic heterocycles. The van der Waals surface area contributed by atoms with Crippen LogP contribution in [-0.4, -0.2) is 23.0 Å². The summed E-state index contributed by atoms with van der Waals surface area (Å²) in [6, 6.07) is 10.5. The second kappa shape index (κ2) is 6.03. The molecule has 1 N–H and O–H groups in total. The smallest absolute Gasteiger partial charge is 0.253 e. The molecular formula is C19H23N3O. The summed E-state index contributed by atoms with van der Waals surface area (Å²) in [6.07, 6.45) is 4.48. The van der Waals surface area contributed by atoms with Crippen molar-refractivity contribution in [2.75, 3.05) is 11.4 Å². The van der Waals surface area contributed by atoms with E-state index >= 15 is 0 Å². The predicted octanol–water partition coefficient (Wildman–Crippen LogP) is 3.17. The van der Waals surface area contributed by atoms with E-state index in [0.29, 0.717) is 5.56 Å². The topological polar surface area (TPSA) is 45.2 Å². The van der Waals surface area contributed by atoms with E-state index in [1.807, 2.05) is 33.0 Å². The number of carbonyl (C=O) groups excluding carboxylic acids is 1. The highest BCUT2D eigenvalue weighted by atomic mass is 16.1. The average molecular weight is 309 g/mol. The van der Waals surface area contributed by atoms with Gasteiger partial charge in [0, 0.05) is 24.8 Å². The number of hydrogen-bond acceptors (Lipinski definition) is 3. The van der Waals surface area contributed by atoms with Crippen molar-refractivity contribution in [3.05, 3.63) is 59.4 Å². The lowest BCUT2D eigenvalue weighted by Gasteiger charge is -2.30. The number of fused-ring (bicyclic) bond motifs is 1. The van der Waals surface area contributed by atoms with E-state index in [2.05, 4.69) is 39.5 Å². The molecule has 3 rings (SSSR count). The summed E-state index contributed by atoms with van der Waals surface area (Å²) in [5.41, 5.74) is 4.12. The van der Waals surface area contributed by atoms with Crippen molar-refractivity contribution >= 4 is 11.6 Å². The molecule has 0 radical (unpaired) electrons. The molecule has 1 aliphatic heterocycles. The Bertz CT molecular complexity index is 719. The van der Waals surface area contributed by atoms with Crippen molar-refractivity contribution < 1.29 is 4.79 Å². The molecule has 4 heteroatoms. The van der Waals surface area contributed by atoms with Crippen LogP contribution in [0.2, 0.25) is 0 Å². The Morgan fingerprint density at radius 1 is 1.17 bits per heavy atom. The van der Waals surface area contributed by atoms with E-state index in [1.54, 1.807) is 6.20 Å². The van der Waals surface area contributed by atoms with Crippen molar-refractivity contribution in [2.24, 2.45) is 0 Å². The molecule has 0 saturated heterocycles. The average Bonchev–Trinajstić information content (AvgIpc) is 2.53. The van der Waals surface area contributed by atoms with E-state index < -0.39 is 0 Å². The lowest BCUT2D eigenvalue weighted by molar-refractivity contribution is 0.0919. The van der Waals surface area contributed by atoms with Crippen molar-refractivity contribution in [1.29, 1.82) is 0 Å². The van der Waals surface area contributed by atoms with Crippen LogP contribution in [0.3, 0.4) is 0 Å². The van der Waals surface area contributed by atoms with Gasteiger partial charge in [0.05, 0.1) is 17.4 Å². The highest BCUT2D eigenvalue weighted by Gasteiger charge is 2.19. The van der Waals surface area contributed by atoms with Gasteiger partial charge in [0.2, 0.25) is 0 Å². The minimum atomic E-state index is -0.253. The summed E-state index contributed by atoms with van der Waals surface area (Å²) < 4.78 is 0. The van der Waals surface area contributed by atoms with E-state index in [0.717, 1.165) is 25.2 Å². The summed E-state index contributed by atoms with van der Waals surface area (Å²) in [6.45, 7) is 7.74. The number of amides is 1. The third kappa shape index (κ3) is 3.70. The van der Waals surface area contributed by atoms with Crippen LogP contribution >= 0.6 is 0 Å². The lowest BCUT2D eigenvalue weighted by atomic mass is 9.99. The molecule has 23 heavy (non-hydrogen) atoms. The Labute approximate surface area is 137 Å². The second-order valence-corrected chi connectivity index (χ2v) is 7.08. The molecule has 0 aliphatic carbocycles. The van der Waals surface area contributed by atoms with Gasteiger partial charge in [0.15, 0.2) is 0 Å². The SMILES string of the molecule is CC(C)(C)NC(=O)c1cncc(N2CCc3ccccc3C2)c1. The number of nitrogens with zero attached hydrogens (tertiary/aromatic N) is 2. The minimum absolute atomic E-state index is 0.0794. The Morgan fingerprint density at radius 2 is 1.91 bits per heavy atom. The maximum atomic E-state index is 12.3. The molecule has 2 heterocycles. The van der Waals surface area contributed by atoms with Crippen molar-refractivity contribution in [1.82, 2.24) is 10.3 Å². The molecule has 120 valence electrons. The Balaban J connectivity index is 1.80. The summed E-state index contributed by atoms with van der Waals surface area (Å²) in [4.78, 5) is 18.9. The van der Waals surface area contributed by atoms with E-state index in [4.69, 9.17) is 0 Å². The predicted molar refractivity (Wildman–Crippen MR) is 92.7 cm³/mol. The molecule has 0 saturated carbocycles. The lowest BCUT2D eigenvalue weighted by Crippen LogP contribution is -2.40. The van der Waals surface area contributed by atoms with Crippen molar-refractivity contribution in [3.8, 4) is 0 Å². The minimum Gasteiger partial charge on any atom is -0.366 e. The van der Waals surface area contributed by atoms with Crippen LogP contribution in [-0.2, 0) is 13.0 Å². The molecule has 0 fully saturated rings. The van der Waals surface area contributed by atoms with Gasteiger partial charge in [0.1, 0.15) is 0 Å². The number of hydrogen-bond donors (Lipinski definition) is 1. The van der Waals surface area contributed by atoms with Crippen LogP contribution in [0.15, 0.2) is 42.7 Å². The van der Waals surface area contributed by atoms with Crippen LogP contribution < -0.4 is 10.2 Å². The van der Waals surface area contributed by atoms with Crippen molar-refractivity contribution in [2.45, 2.75) is 39.3 Å². The normalized spacial score (nSPS) is 14.3. The Kier molecular flexibility index (Phi) is 4.07. The highest BCUT2D eigenvalue weighted by Crippen LogP contribution is 2.24.